The van der Waals surface area contributed by atoms with Crippen molar-refractivity contribution >= 4 is 17.4 Å². The minimum absolute atomic E-state index is 0.167. The van der Waals surface area contributed by atoms with Crippen molar-refractivity contribution in [2.24, 2.45) is 0 Å². The van der Waals surface area contributed by atoms with Crippen molar-refractivity contribution in [3.05, 3.63) is 34.9 Å². The van der Waals surface area contributed by atoms with Gasteiger partial charge in [0.15, 0.2) is 5.82 Å². The predicted molar refractivity (Wildman–Crippen MR) is 59.4 cm³/mol. The average Bonchev–Trinajstić information content (AvgIpc) is 2.25. The van der Waals surface area contributed by atoms with Gasteiger partial charge >= 0.3 is 0 Å². The molecule has 2 rings (SSSR count). The van der Waals surface area contributed by atoms with E-state index in [1.54, 1.807) is 6.92 Å². The van der Waals surface area contributed by atoms with Crippen LogP contribution in [0.25, 0.3) is 11.3 Å². The van der Waals surface area contributed by atoms with Gasteiger partial charge in [0.25, 0.3) is 0 Å². The lowest BCUT2D eigenvalue weighted by molar-refractivity contribution is 0.619. The molecule has 0 saturated carbocycles. The number of hydrogen-bond donors (Lipinski definition) is 1. The zero-order valence-electron chi connectivity index (χ0n) is 8.41. The van der Waals surface area contributed by atoms with Crippen LogP contribution < -0.4 is 5.73 Å². The first-order valence-corrected chi connectivity index (χ1v) is 4.86. The van der Waals surface area contributed by atoms with E-state index in [0.717, 1.165) is 0 Å². The van der Waals surface area contributed by atoms with E-state index >= 15 is 0 Å². The highest BCUT2D eigenvalue weighted by atomic mass is 35.5. The lowest BCUT2D eigenvalue weighted by Gasteiger charge is -2.06. The van der Waals surface area contributed by atoms with Crippen LogP contribution in [0.5, 0.6) is 0 Å². The molecule has 0 saturated heterocycles. The molecular weight excluding hydrogens is 231 g/mol. The SMILES string of the molecule is Cc1cc(Cl)c(-c2nncnc2N)cc1F. The smallest absolute Gasteiger partial charge is 0.153 e. The Morgan fingerprint density at radius 2 is 2.12 bits per heavy atom. The van der Waals surface area contributed by atoms with Crippen LogP contribution in [0, 0.1) is 12.7 Å². The van der Waals surface area contributed by atoms with E-state index in [1.165, 1.54) is 18.5 Å². The van der Waals surface area contributed by atoms with E-state index in [2.05, 4.69) is 15.2 Å². The Hall–Kier alpha value is -1.75. The normalized spacial score (nSPS) is 10.4. The maximum absolute atomic E-state index is 13.4. The molecule has 4 nitrogen and oxygen atoms in total. The zero-order valence-corrected chi connectivity index (χ0v) is 9.16. The molecule has 2 aromatic rings. The first kappa shape index (κ1) is 10.8. The number of nitrogens with two attached hydrogens (primary N) is 1. The highest BCUT2D eigenvalue weighted by molar-refractivity contribution is 6.33. The molecule has 0 unspecified atom stereocenters. The Morgan fingerprint density at radius 3 is 2.81 bits per heavy atom. The van der Waals surface area contributed by atoms with Gasteiger partial charge < -0.3 is 5.73 Å². The second-order valence-corrected chi connectivity index (χ2v) is 3.68. The molecule has 82 valence electrons. The molecule has 2 N–H and O–H groups in total. The lowest BCUT2D eigenvalue weighted by Crippen LogP contribution is -1.99. The van der Waals surface area contributed by atoms with Gasteiger partial charge in [0, 0.05) is 5.56 Å². The third kappa shape index (κ3) is 1.81. The van der Waals surface area contributed by atoms with Crippen LogP contribution in [0.3, 0.4) is 0 Å². The number of aromatic nitrogens is 3. The van der Waals surface area contributed by atoms with Gasteiger partial charge in [0.1, 0.15) is 17.8 Å². The molecule has 6 heteroatoms. The van der Waals surface area contributed by atoms with Crippen molar-refractivity contribution in [1.82, 2.24) is 15.2 Å². The molecule has 0 fully saturated rings. The van der Waals surface area contributed by atoms with E-state index in [4.69, 9.17) is 17.3 Å². The van der Waals surface area contributed by atoms with Gasteiger partial charge in [-0.1, -0.05) is 11.6 Å². The molecule has 0 bridgehead atoms. The largest absolute Gasteiger partial charge is 0.382 e. The van der Waals surface area contributed by atoms with Crippen LogP contribution in [-0.2, 0) is 0 Å². The van der Waals surface area contributed by atoms with E-state index < -0.39 is 0 Å². The quantitative estimate of drug-likeness (QED) is 0.827. The van der Waals surface area contributed by atoms with Crippen LogP contribution in [0.2, 0.25) is 5.02 Å². The monoisotopic (exact) mass is 238 g/mol. The Kier molecular flexibility index (Phi) is 2.70. The van der Waals surface area contributed by atoms with Gasteiger partial charge in [-0.15, -0.1) is 10.2 Å². The number of hydrogen-bond acceptors (Lipinski definition) is 4. The van der Waals surface area contributed by atoms with Crippen LogP contribution in [0.1, 0.15) is 5.56 Å². The Morgan fingerprint density at radius 1 is 1.38 bits per heavy atom. The Labute approximate surface area is 96.3 Å². The zero-order chi connectivity index (χ0) is 11.7. The summed E-state index contributed by atoms with van der Waals surface area (Å²) in [5, 5.41) is 7.75. The minimum Gasteiger partial charge on any atom is -0.382 e. The summed E-state index contributed by atoms with van der Waals surface area (Å²) in [5.74, 6) is -0.204. The number of nitrogen functional groups attached to an aromatic ring is 1. The molecule has 0 atom stereocenters. The van der Waals surface area contributed by atoms with Gasteiger partial charge in [-0.3, -0.25) is 0 Å². The maximum atomic E-state index is 13.4. The standard InChI is InChI=1S/C10H8ClFN4/c1-5-2-7(11)6(3-8(5)12)9-10(13)14-4-15-16-9/h2-4H,1H3,(H2,13,14,15). The molecule has 1 aromatic carbocycles. The summed E-state index contributed by atoms with van der Waals surface area (Å²) in [7, 11) is 0. The average molecular weight is 239 g/mol. The summed E-state index contributed by atoms with van der Waals surface area (Å²) >= 11 is 5.99. The number of halogens is 2. The Bertz CT molecular complexity index is 544. The fourth-order valence-electron chi connectivity index (χ4n) is 1.30. The molecule has 0 radical (unpaired) electrons. The van der Waals surface area contributed by atoms with Crippen molar-refractivity contribution in [2.45, 2.75) is 6.92 Å². The van der Waals surface area contributed by atoms with Crippen LogP contribution in [0.4, 0.5) is 10.2 Å². The summed E-state index contributed by atoms with van der Waals surface area (Å²) in [6.45, 7) is 1.63. The third-order valence-corrected chi connectivity index (χ3v) is 2.46. The maximum Gasteiger partial charge on any atom is 0.153 e. The van der Waals surface area contributed by atoms with Crippen LogP contribution in [0.15, 0.2) is 18.5 Å². The molecule has 0 amide bonds. The molecule has 0 aliphatic rings. The molecule has 1 heterocycles. The first-order valence-electron chi connectivity index (χ1n) is 4.48. The van der Waals surface area contributed by atoms with Crippen LogP contribution >= 0.6 is 11.6 Å². The molecule has 0 aliphatic carbocycles. The van der Waals surface area contributed by atoms with E-state index in [-0.39, 0.29) is 17.3 Å². The number of nitrogens with zero attached hydrogens (tertiary/aromatic N) is 3. The highest BCUT2D eigenvalue weighted by Gasteiger charge is 2.12. The molecule has 16 heavy (non-hydrogen) atoms. The first-order chi connectivity index (χ1) is 7.59. The number of benzene rings is 1. The van der Waals surface area contributed by atoms with Crippen molar-refractivity contribution in [2.75, 3.05) is 5.73 Å². The number of anilines is 1. The summed E-state index contributed by atoms with van der Waals surface area (Å²) in [4.78, 5) is 3.77. The van der Waals surface area contributed by atoms with Crippen molar-refractivity contribution in [3.8, 4) is 11.3 Å². The van der Waals surface area contributed by atoms with Crippen LogP contribution in [-0.4, -0.2) is 15.2 Å². The molecule has 0 spiro atoms. The van der Waals surface area contributed by atoms with Gasteiger partial charge in [-0.05, 0) is 24.6 Å². The second-order valence-electron chi connectivity index (χ2n) is 3.28. The van der Waals surface area contributed by atoms with Crippen molar-refractivity contribution in [1.29, 1.82) is 0 Å². The summed E-state index contributed by atoms with van der Waals surface area (Å²) < 4.78 is 13.4. The topological polar surface area (TPSA) is 64.7 Å². The number of rotatable bonds is 1. The third-order valence-electron chi connectivity index (χ3n) is 2.15. The van der Waals surface area contributed by atoms with E-state index in [1.807, 2.05) is 0 Å². The fraction of sp³-hybridized carbons (Fsp3) is 0.100. The minimum atomic E-state index is -0.371. The van der Waals surface area contributed by atoms with E-state index in [0.29, 0.717) is 16.1 Å². The lowest BCUT2D eigenvalue weighted by atomic mass is 10.1. The fourth-order valence-corrected chi connectivity index (χ4v) is 1.61. The van der Waals surface area contributed by atoms with Gasteiger partial charge in [-0.25, -0.2) is 9.37 Å². The van der Waals surface area contributed by atoms with Crippen molar-refractivity contribution < 1.29 is 4.39 Å². The van der Waals surface area contributed by atoms with Gasteiger partial charge in [-0.2, -0.15) is 0 Å². The second kappa shape index (κ2) is 4.02. The van der Waals surface area contributed by atoms with Gasteiger partial charge in [0.05, 0.1) is 5.02 Å². The van der Waals surface area contributed by atoms with Crippen molar-refractivity contribution in [3.63, 3.8) is 0 Å². The molecule has 1 aromatic heterocycles. The number of aryl methyl sites for hydroxylation is 1. The molecular formula is C10H8ClFN4. The Balaban J connectivity index is 2.65. The van der Waals surface area contributed by atoms with Gasteiger partial charge in [0.2, 0.25) is 0 Å². The summed E-state index contributed by atoms with van der Waals surface area (Å²) in [6, 6.07) is 2.79. The summed E-state index contributed by atoms with van der Waals surface area (Å²) in [5.41, 5.74) is 6.75. The predicted octanol–water partition coefficient (Wildman–Crippen LogP) is 2.22. The van der Waals surface area contributed by atoms with E-state index in [9.17, 15) is 4.39 Å². The highest BCUT2D eigenvalue weighted by Crippen LogP contribution is 2.30. The molecule has 0 aliphatic heterocycles. The summed E-state index contributed by atoms with van der Waals surface area (Å²) in [6.07, 6.45) is 1.22.